The number of aliphatic hydroxyl groups is 1. The molecule has 0 bridgehead atoms. The third-order valence-corrected chi connectivity index (χ3v) is 3.41. The molecule has 0 spiro atoms. The maximum atomic E-state index is 10.1. The highest BCUT2D eigenvalue weighted by Gasteiger charge is 2.08. The predicted octanol–water partition coefficient (Wildman–Crippen LogP) is 3.88. The van der Waals surface area contributed by atoms with Crippen molar-refractivity contribution in [1.82, 2.24) is 4.98 Å². The van der Waals surface area contributed by atoms with Crippen LogP contribution in [0.4, 0.5) is 0 Å². The molecular weight excluding hydrogens is 346 g/mol. The molecule has 0 aliphatic carbocycles. The second kappa shape index (κ2) is 5.76. The first-order chi connectivity index (χ1) is 8.15. The third kappa shape index (κ3) is 3.63. The lowest BCUT2D eigenvalue weighted by Crippen LogP contribution is -2.01. The Kier molecular flexibility index (Phi) is 4.31. The van der Waals surface area contributed by atoms with Crippen LogP contribution in [0.5, 0.6) is 0 Å². The fourth-order valence-corrected chi connectivity index (χ4v) is 2.27. The van der Waals surface area contributed by atoms with E-state index in [1.54, 1.807) is 12.4 Å². The van der Waals surface area contributed by atoms with Gasteiger partial charge in [-0.2, -0.15) is 0 Å². The first-order valence-corrected chi connectivity index (χ1v) is 6.77. The van der Waals surface area contributed by atoms with Gasteiger partial charge in [-0.15, -0.1) is 0 Å². The fraction of sp³-hybridized carbons (Fsp3) is 0.154. The van der Waals surface area contributed by atoms with Crippen LogP contribution in [-0.4, -0.2) is 10.1 Å². The standard InChI is InChI=1S/C13H11Br2NO/c14-11-3-1-10(2-4-11)13(17)6-9-5-12(15)8-16-7-9/h1-5,7-8,13,17H,6H2. The highest BCUT2D eigenvalue weighted by Crippen LogP contribution is 2.21. The molecule has 4 heteroatoms. The van der Waals surface area contributed by atoms with Gasteiger partial charge in [-0.1, -0.05) is 28.1 Å². The summed E-state index contributed by atoms with van der Waals surface area (Å²) in [6.07, 6.45) is 3.57. The minimum Gasteiger partial charge on any atom is -0.388 e. The molecule has 2 aromatic rings. The summed E-state index contributed by atoms with van der Waals surface area (Å²) < 4.78 is 1.94. The number of pyridine rings is 1. The minimum absolute atomic E-state index is 0.501. The molecular formula is C13H11Br2NO. The lowest BCUT2D eigenvalue weighted by Gasteiger charge is -2.11. The molecule has 1 unspecified atom stereocenters. The van der Waals surface area contributed by atoms with Crippen molar-refractivity contribution in [1.29, 1.82) is 0 Å². The van der Waals surface area contributed by atoms with Crippen molar-refractivity contribution in [3.63, 3.8) is 0 Å². The van der Waals surface area contributed by atoms with Crippen LogP contribution in [0.2, 0.25) is 0 Å². The van der Waals surface area contributed by atoms with Gasteiger partial charge in [0.2, 0.25) is 0 Å². The van der Waals surface area contributed by atoms with Crippen LogP contribution in [0.15, 0.2) is 51.7 Å². The van der Waals surface area contributed by atoms with Gasteiger partial charge < -0.3 is 5.11 Å². The lowest BCUT2D eigenvalue weighted by atomic mass is 10.0. The molecule has 1 heterocycles. The highest BCUT2D eigenvalue weighted by molar-refractivity contribution is 9.10. The Balaban J connectivity index is 2.11. The van der Waals surface area contributed by atoms with Gasteiger partial charge in [0.15, 0.2) is 0 Å². The number of hydrogen-bond donors (Lipinski definition) is 1. The number of halogens is 2. The summed E-state index contributed by atoms with van der Waals surface area (Å²) in [5.41, 5.74) is 1.92. The molecule has 88 valence electrons. The van der Waals surface area contributed by atoms with Crippen molar-refractivity contribution in [3.05, 3.63) is 62.8 Å². The largest absolute Gasteiger partial charge is 0.388 e. The monoisotopic (exact) mass is 355 g/mol. The van der Waals surface area contributed by atoms with Crippen LogP contribution in [0, 0.1) is 0 Å². The molecule has 1 N–H and O–H groups in total. The summed E-state index contributed by atoms with van der Waals surface area (Å²) in [4.78, 5) is 4.08. The highest BCUT2D eigenvalue weighted by atomic mass is 79.9. The van der Waals surface area contributed by atoms with Gasteiger partial charge >= 0.3 is 0 Å². The number of rotatable bonds is 3. The molecule has 1 atom stereocenters. The van der Waals surface area contributed by atoms with Crippen LogP contribution in [0.25, 0.3) is 0 Å². The average Bonchev–Trinajstić information content (AvgIpc) is 2.29. The Morgan fingerprint density at radius 3 is 2.41 bits per heavy atom. The number of hydrogen-bond acceptors (Lipinski definition) is 2. The molecule has 0 saturated heterocycles. The number of aromatic nitrogens is 1. The topological polar surface area (TPSA) is 33.1 Å². The molecule has 2 nitrogen and oxygen atoms in total. The van der Waals surface area contributed by atoms with Crippen molar-refractivity contribution < 1.29 is 5.11 Å². The summed E-state index contributed by atoms with van der Waals surface area (Å²) in [5.74, 6) is 0. The molecule has 1 aromatic carbocycles. The van der Waals surface area contributed by atoms with Crippen molar-refractivity contribution in [2.75, 3.05) is 0 Å². The van der Waals surface area contributed by atoms with E-state index in [0.29, 0.717) is 6.42 Å². The molecule has 0 saturated carbocycles. The van der Waals surface area contributed by atoms with E-state index in [2.05, 4.69) is 36.8 Å². The summed E-state index contributed by atoms with van der Waals surface area (Å²) in [6.45, 7) is 0. The number of nitrogens with zero attached hydrogens (tertiary/aromatic N) is 1. The molecule has 1 aromatic heterocycles. The fourth-order valence-electron chi connectivity index (χ4n) is 1.59. The zero-order valence-corrected chi connectivity index (χ0v) is 12.1. The average molecular weight is 357 g/mol. The summed E-state index contributed by atoms with van der Waals surface area (Å²) >= 11 is 6.74. The third-order valence-electron chi connectivity index (χ3n) is 2.45. The van der Waals surface area contributed by atoms with Gasteiger partial charge in [-0.3, -0.25) is 4.98 Å². The van der Waals surface area contributed by atoms with Gasteiger partial charge in [-0.05, 0) is 45.3 Å². The van der Waals surface area contributed by atoms with E-state index >= 15 is 0 Å². The van der Waals surface area contributed by atoms with E-state index in [-0.39, 0.29) is 0 Å². The summed E-state index contributed by atoms with van der Waals surface area (Å²) in [6, 6.07) is 9.66. The molecule has 0 aliphatic rings. The van der Waals surface area contributed by atoms with Gasteiger partial charge in [0.05, 0.1) is 6.10 Å². The Bertz CT molecular complexity index is 499. The minimum atomic E-state index is -0.501. The molecule has 2 rings (SSSR count). The van der Waals surface area contributed by atoms with Crippen molar-refractivity contribution >= 4 is 31.9 Å². The van der Waals surface area contributed by atoms with E-state index in [9.17, 15) is 5.11 Å². The normalized spacial score (nSPS) is 12.4. The quantitative estimate of drug-likeness (QED) is 0.905. The maximum absolute atomic E-state index is 10.1. The van der Waals surface area contributed by atoms with Crippen LogP contribution in [-0.2, 0) is 6.42 Å². The van der Waals surface area contributed by atoms with Crippen molar-refractivity contribution in [3.8, 4) is 0 Å². The molecule has 0 radical (unpaired) electrons. The van der Waals surface area contributed by atoms with E-state index in [1.807, 2.05) is 30.3 Å². The van der Waals surface area contributed by atoms with Crippen LogP contribution in [0.1, 0.15) is 17.2 Å². The predicted molar refractivity (Wildman–Crippen MR) is 74.7 cm³/mol. The zero-order chi connectivity index (χ0) is 12.3. The van der Waals surface area contributed by atoms with E-state index in [4.69, 9.17) is 0 Å². The molecule has 0 amide bonds. The zero-order valence-electron chi connectivity index (χ0n) is 8.98. The van der Waals surface area contributed by atoms with Crippen molar-refractivity contribution in [2.24, 2.45) is 0 Å². The van der Waals surface area contributed by atoms with Crippen LogP contribution in [0.3, 0.4) is 0 Å². The Morgan fingerprint density at radius 2 is 1.76 bits per heavy atom. The van der Waals surface area contributed by atoms with Gasteiger partial charge in [0, 0.05) is 27.8 Å². The van der Waals surface area contributed by atoms with Gasteiger partial charge in [-0.25, -0.2) is 0 Å². The number of benzene rings is 1. The second-order valence-electron chi connectivity index (χ2n) is 3.78. The second-order valence-corrected chi connectivity index (χ2v) is 5.61. The van der Waals surface area contributed by atoms with E-state index in [0.717, 1.165) is 20.1 Å². The Labute approximate surface area is 117 Å². The van der Waals surface area contributed by atoms with Crippen molar-refractivity contribution in [2.45, 2.75) is 12.5 Å². The molecule has 0 aliphatic heterocycles. The Hall–Kier alpha value is -0.710. The SMILES string of the molecule is OC(Cc1cncc(Br)c1)c1ccc(Br)cc1. The van der Waals surface area contributed by atoms with Gasteiger partial charge in [0.1, 0.15) is 0 Å². The molecule has 0 fully saturated rings. The first kappa shape index (κ1) is 12.7. The summed E-state index contributed by atoms with van der Waals surface area (Å²) in [7, 11) is 0. The maximum Gasteiger partial charge on any atom is 0.0830 e. The Morgan fingerprint density at radius 1 is 1.06 bits per heavy atom. The summed E-state index contributed by atoms with van der Waals surface area (Å²) in [5, 5.41) is 10.1. The van der Waals surface area contributed by atoms with Crippen LogP contribution < -0.4 is 0 Å². The first-order valence-electron chi connectivity index (χ1n) is 5.18. The number of aliphatic hydroxyl groups excluding tert-OH is 1. The van der Waals surface area contributed by atoms with Gasteiger partial charge in [0.25, 0.3) is 0 Å². The van der Waals surface area contributed by atoms with Crippen LogP contribution >= 0.6 is 31.9 Å². The van der Waals surface area contributed by atoms with E-state index < -0.39 is 6.10 Å². The smallest absolute Gasteiger partial charge is 0.0830 e. The van der Waals surface area contributed by atoms with E-state index in [1.165, 1.54) is 0 Å². The molecule has 17 heavy (non-hydrogen) atoms. The lowest BCUT2D eigenvalue weighted by molar-refractivity contribution is 0.178.